The van der Waals surface area contributed by atoms with Crippen LogP contribution in [0.25, 0.3) is 86.6 Å². The van der Waals surface area contributed by atoms with E-state index >= 15 is 0 Å². The highest BCUT2D eigenvalue weighted by molar-refractivity contribution is 7.26. The molecule has 0 amide bonds. The SMILES string of the molecule is c1ccc(-c2cc(-c3cccc4c3sc3ccccc34)cc(N(c3ccc(-c4ccccc4-c4ccccc4)cc3)c3cccc4oc5ccccc5c34)c2)cc1. The van der Waals surface area contributed by atoms with E-state index < -0.39 is 0 Å². The van der Waals surface area contributed by atoms with Crippen LogP contribution in [0.3, 0.4) is 0 Å². The second-order valence-corrected chi connectivity index (χ2v) is 15.5. The van der Waals surface area contributed by atoms with Crippen LogP contribution in [0.4, 0.5) is 17.1 Å². The summed E-state index contributed by atoms with van der Waals surface area (Å²) in [4.78, 5) is 2.41. The van der Waals surface area contributed by atoms with Crippen LogP contribution < -0.4 is 4.90 Å². The average Bonchev–Trinajstić information content (AvgIpc) is 3.86. The molecule has 0 aliphatic carbocycles. The Labute approximate surface area is 335 Å². The summed E-state index contributed by atoms with van der Waals surface area (Å²) < 4.78 is 9.08. The minimum atomic E-state index is 0.863. The Morgan fingerprint density at radius 3 is 1.72 bits per heavy atom. The first-order valence-corrected chi connectivity index (χ1v) is 20.1. The maximum Gasteiger partial charge on any atom is 0.137 e. The van der Waals surface area contributed by atoms with E-state index in [0.29, 0.717) is 0 Å². The molecule has 0 aliphatic rings. The second-order valence-electron chi connectivity index (χ2n) is 14.5. The molecule has 0 radical (unpaired) electrons. The molecular formula is C54H35NOS. The molecule has 2 heterocycles. The smallest absolute Gasteiger partial charge is 0.137 e. The summed E-state index contributed by atoms with van der Waals surface area (Å²) in [7, 11) is 0. The predicted molar refractivity (Wildman–Crippen MR) is 243 cm³/mol. The standard InChI is InChI=1S/C54H35NOS/c1-3-15-36(16-4-1)39-33-40(45-23-13-24-47-46-21-10-12-28-52(46)57-54(45)47)35-42(34-39)55(49-25-14-27-51-53(49)48-22-9-11-26-50(48)56-51)41-31-29-38(30-32-41)44-20-8-7-19-43(44)37-17-5-2-6-18-37/h1-35H. The molecule has 11 rings (SSSR count). The van der Waals surface area contributed by atoms with Gasteiger partial charge in [0.05, 0.1) is 11.1 Å². The highest BCUT2D eigenvalue weighted by Gasteiger charge is 2.22. The second kappa shape index (κ2) is 13.8. The average molecular weight is 746 g/mol. The van der Waals surface area contributed by atoms with E-state index in [9.17, 15) is 0 Å². The molecule has 0 atom stereocenters. The number of fused-ring (bicyclic) bond motifs is 6. The van der Waals surface area contributed by atoms with E-state index in [-0.39, 0.29) is 0 Å². The molecule has 0 saturated heterocycles. The van der Waals surface area contributed by atoms with Gasteiger partial charge in [0, 0.05) is 36.9 Å². The summed E-state index contributed by atoms with van der Waals surface area (Å²) in [5.41, 5.74) is 14.4. The molecule has 2 aromatic heterocycles. The van der Waals surface area contributed by atoms with Crippen molar-refractivity contribution in [3.63, 3.8) is 0 Å². The lowest BCUT2D eigenvalue weighted by atomic mass is 9.94. The summed E-state index contributed by atoms with van der Waals surface area (Å²) in [6.45, 7) is 0. The molecule has 0 aliphatic heterocycles. The topological polar surface area (TPSA) is 16.4 Å². The van der Waals surface area contributed by atoms with Crippen molar-refractivity contribution in [1.82, 2.24) is 0 Å². The van der Waals surface area contributed by atoms with Crippen molar-refractivity contribution in [3.05, 3.63) is 212 Å². The number of anilines is 3. The van der Waals surface area contributed by atoms with Crippen LogP contribution in [0.1, 0.15) is 0 Å². The van der Waals surface area contributed by atoms with Gasteiger partial charge in [-0.05, 0) is 99.1 Å². The van der Waals surface area contributed by atoms with Crippen LogP contribution in [-0.4, -0.2) is 0 Å². The number of rotatable bonds is 7. The monoisotopic (exact) mass is 745 g/mol. The van der Waals surface area contributed by atoms with Crippen molar-refractivity contribution in [2.45, 2.75) is 0 Å². The lowest BCUT2D eigenvalue weighted by molar-refractivity contribution is 0.669. The molecule has 0 N–H and O–H groups in total. The lowest BCUT2D eigenvalue weighted by Crippen LogP contribution is -2.11. The van der Waals surface area contributed by atoms with E-state index in [0.717, 1.165) is 44.6 Å². The highest BCUT2D eigenvalue weighted by atomic mass is 32.1. The summed E-state index contributed by atoms with van der Waals surface area (Å²) in [5.74, 6) is 0. The largest absolute Gasteiger partial charge is 0.456 e. The van der Waals surface area contributed by atoms with Crippen molar-refractivity contribution in [2.24, 2.45) is 0 Å². The fraction of sp³-hybridized carbons (Fsp3) is 0. The molecule has 0 spiro atoms. The van der Waals surface area contributed by atoms with Gasteiger partial charge in [0.2, 0.25) is 0 Å². The third kappa shape index (κ3) is 5.80. The van der Waals surface area contributed by atoms with E-state index in [1.807, 2.05) is 17.4 Å². The first kappa shape index (κ1) is 33.2. The highest BCUT2D eigenvalue weighted by Crippen LogP contribution is 2.47. The molecule has 2 nitrogen and oxygen atoms in total. The third-order valence-electron chi connectivity index (χ3n) is 11.1. The number of para-hydroxylation sites is 1. The Balaban J connectivity index is 1.16. The van der Waals surface area contributed by atoms with Gasteiger partial charge in [-0.1, -0.05) is 158 Å². The predicted octanol–water partition coefficient (Wildman–Crippen LogP) is 16.1. The molecule has 0 saturated carbocycles. The zero-order valence-corrected chi connectivity index (χ0v) is 31.8. The molecule has 3 heteroatoms. The fourth-order valence-electron chi connectivity index (χ4n) is 8.43. The van der Waals surface area contributed by atoms with Crippen LogP contribution >= 0.6 is 11.3 Å². The van der Waals surface area contributed by atoms with Crippen molar-refractivity contribution in [2.75, 3.05) is 4.90 Å². The summed E-state index contributed by atoms with van der Waals surface area (Å²) in [6.07, 6.45) is 0. The maximum absolute atomic E-state index is 6.48. The van der Waals surface area contributed by atoms with Gasteiger partial charge in [0.1, 0.15) is 11.2 Å². The lowest BCUT2D eigenvalue weighted by Gasteiger charge is -2.28. The van der Waals surface area contributed by atoms with Crippen molar-refractivity contribution in [1.29, 1.82) is 0 Å². The first-order valence-electron chi connectivity index (χ1n) is 19.3. The van der Waals surface area contributed by atoms with Gasteiger partial charge in [0.15, 0.2) is 0 Å². The van der Waals surface area contributed by atoms with Crippen molar-refractivity contribution in [3.8, 4) is 44.5 Å². The van der Waals surface area contributed by atoms with Gasteiger partial charge in [-0.25, -0.2) is 0 Å². The van der Waals surface area contributed by atoms with E-state index in [1.165, 1.54) is 59.1 Å². The Kier molecular flexibility index (Phi) is 8.04. The molecule has 268 valence electrons. The van der Waals surface area contributed by atoms with Gasteiger partial charge < -0.3 is 9.32 Å². The molecule has 11 aromatic rings. The molecular weight excluding hydrogens is 711 g/mol. The quantitative estimate of drug-likeness (QED) is 0.162. The third-order valence-corrected chi connectivity index (χ3v) is 12.3. The van der Waals surface area contributed by atoms with Crippen LogP contribution in [0, 0.1) is 0 Å². The summed E-state index contributed by atoms with van der Waals surface area (Å²) >= 11 is 1.87. The van der Waals surface area contributed by atoms with Crippen LogP contribution in [-0.2, 0) is 0 Å². The summed E-state index contributed by atoms with van der Waals surface area (Å²) in [6, 6.07) is 76.4. The van der Waals surface area contributed by atoms with E-state index in [4.69, 9.17) is 4.42 Å². The zero-order chi connectivity index (χ0) is 37.7. The van der Waals surface area contributed by atoms with Gasteiger partial charge in [0.25, 0.3) is 0 Å². The minimum absolute atomic E-state index is 0.863. The van der Waals surface area contributed by atoms with Gasteiger partial charge in [-0.2, -0.15) is 0 Å². The Morgan fingerprint density at radius 1 is 0.351 bits per heavy atom. The Hall–Kier alpha value is -7.20. The van der Waals surface area contributed by atoms with Crippen molar-refractivity contribution >= 4 is 70.5 Å². The van der Waals surface area contributed by atoms with E-state index in [2.05, 4.69) is 211 Å². The van der Waals surface area contributed by atoms with Gasteiger partial charge in [-0.3, -0.25) is 0 Å². The van der Waals surface area contributed by atoms with E-state index in [1.54, 1.807) is 0 Å². The van der Waals surface area contributed by atoms with Gasteiger partial charge >= 0.3 is 0 Å². The van der Waals surface area contributed by atoms with Crippen LogP contribution in [0.2, 0.25) is 0 Å². The molecule has 57 heavy (non-hydrogen) atoms. The normalized spacial score (nSPS) is 11.5. The number of nitrogens with zero attached hydrogens (tertiary/aromatic N) is 1. The Bertz CT molecular complexity index is 3230. The molecule has 9 aromatic carbocycles. The first-order chi connectivity index (χ1) is 28.3. The molecule has 0 unspecified atom stereocenters. The number of thiophene rings is 1. The van der Waals surface area contributed by atoms with Crippen LogP contribution in [0.5, 0.6) is 0 Å². The maximum atomic E-state index is 6.48. The summed E-state index contributed by atoms with van der Waals surface area (Å²) in [5, 5.41) is 4.77. The number of furan rings is 1. The zero-order valence-electron chi connectivity index (χ0n) is 31.0. The minimum Gasteiger partial charge on any atom is -0.456 e. The molecule has 0 bridgehead atoms. The number of benzene rings is 9. The van der Waals surface area contributed by atoms with Crippen molar-refractivity contribution < 1.29 is 4.42 Å². The number of hydrogen-bond donors (Lipinski definition) is 0. The van der Waals surface area contributed by atoms with Crippen LogP contribution in [0.15, 0.2) is 217 Å². The van der Waals surface area contributed by atoms with Gasteiger partial charge in [-0.15, -0.1) is 11.3 Å². The molecule has 0 fully saturated rings. The number of hydrogen-bond acceptors (Lipinski definition) is 3. The Morgan fingerprint density at radius 2 is 0.930 bits per heavy atom. The fourth-order valence-corrected chi connectivity index (χ4v) is 9.67.